The fraction of sp³-hybridized carbons (Fsp3) is 0.0667. The van der Waals surface area contributed by atoms with Gasteiger partial charge in [0, 0.05) is 17.4 Å². The van der Waals surface area contributed by atoms with Gasteiger partial charge in [-0.25, -0.2) is 4.79 Å². The molecule has 0 spiro atoms. The van der Waals surface area contributed by atoms with Crippen LogP contribution in [0.3, 0.4) is 0 Å². The van der Waals surface area contributed by atoms with E-state index in [-0.39, 0.29) is 6.03 Å². The van der Waals surface area contributed by atoms with Crippen molar-refractivity contribution in [2.24, 2.45) is 0 Å². The van der Waals surface area contributed by atoms with E-state index in [1.807, 2.05) is 36.4 Å². The number of nitrogens with zero attached hydrogens (tertiary/aromatic N) is 1. The van der Waals surface area contributed by atoms with E-state index in [2.05, 4.69) is 15.6 Å². The zero-order valence-electron chi connectivity index (χ0n) is 10.7. The van der Waals surface area contributed by atoms with E-state index in [1.54, 1.807) is 24.5 Å². The van der Waals surface area contributed by atoms with E-state index in [9.17, 15) is 4.79 Å². The molecular formula is C15H14ClN3O. The van der Waals surface area contributed by atoms with Gasteiger partial charge < -0.3 is 10.6 Å². The molecule has 0 saturated heterocycles. The van der Waals surface area contributed by atoms with Crippen LogP contribution in [0.15, 0.2) is 54.9 Å². The first kappa shape index (κ1) is 14.1. The predicted octanol–water partition coefficient (Wildman–Crippen LogP) is 3.21. The van der Waals surface area contributed by atoms with E-state index in [4.69, 9.17) is 11.6 Å². The second kappa shape index (κ2) is 7.31. The van der Waals surface area contributed by atoms with Crippen molar-refractivity contribution in [3.05, 3.63) is 71.1 Å². The Balaban J connectivity index is 1.79. The highest BCUT2D eigenvalue weighted by molar-refractivity contribution is 6.32. The zero-order valence-corrected chi connectivity index (χ0v) is 11.5. The molecule has 0 saturated carbocycles. The van der Waals surface area contributed by atoms with Gasteiger partial charge in [-0.1, -0.05) is 35.9 Å². The Labute approximate surface area is 122 Å². The standard InChI is InChI=1S/C15H14ClN3O/c16-14-7-2-1-5-12(14)8-10-18-15(20)19-11-13-6-3-4-9-17-13/h1-10H,11H2,(H2,18,19,20)/b10-8+. The number of pyridine rings is 1. The van der Waals surface area contributed by atoms with Crippen LogP contribution in [0.2, 0.25) is 5.02 Å². The minimum atomic E-state index is -0.293. The lowest BCUT2D eigenvalue weighted by molar-refractivity contribution is 0.243. The lowest BCUT2D eigenvalue weighted by Crippen LogP contribution is -2.31. The highest BCUT2D eigenvalue weighted by atomic mass is 35.5. The lowest BCUT2D eigenvalue weighted by atomic mass is 10.2. The van der Waals surface area contributed by atoms with Gasteiger partial charge in [-0.3, -0.25) is 4.98 Å². The molecule has 20 heavy (non-hydrogen) atoms. The van der Waals surface area contributed by atoms with Gasteiger partial charge >= 0.3 is 6.03 Å². The quantitative estimate of drug-likeness (QED) is 0.907. The number of amides is 2. The van der Waals surface area contributed by atoms with Crippen molar-refractivity contribution in [3.63, 3.8) is 0 Å². The van der Waals surface area contributed by atoms with Gasteiger partial charge in [0.2, 0.25) is 0 Å². The third kappa shape index (κ3) is 4.40. The molecule has 0 aliphatic rings. The fourth-order valence-electron chi connectivity index (χ4n) is 1.54. The highest BCUT2D eigenvalue weighted by Crippen LogP contribution is 2.15. The van der Waals surface area contributed by atoms with Gasteiger partial charge in [-0.15, -0.1) is 0 Å². The number of benzene rings is 1. The second-order valence-electron chi connectivity index (χ2n) is 4.00. The van der Waals surface area contributed by atoms with E-state index in [0.717, 1.165) is 11.3 Å². The molecule has 0 aliphatic heterocycles. The first-order valence-corrected chi connectivity index (χ1v) is 6.49. The lowest BCUT2D eigenvalue weighted by Gasteiger charge is -2.04. The minimum absolute atomic E-state index is 0.293. The Bertz CT molecular complexity index is 599. The van der Waals surface area contributed by atoms with Crippen LogP contribution >= 0.6 is 11.6 Å². The Kier molecular flexibility index (Phi) is 5.15. The molecule has 4 nitrogen and oxygen atoms in total. The molecule has 0 atom stereocenters. The number of carbonyl (C=O) groups is 1. The first-order valence-electron chi connectivity index (χ1n) is 6.11. The van der Waals surface area contributed by atoms with Crippen molar-refractivity contribution >= 4 is 23.7 Å². The van der Waals surface area contributed by atoms with Crippen molar-refractivity contribution < 1.29 is 4.79 Å². The number of urea groups is 1. The van der Waals surface area contributed by atoms with E-state index >= 15 is 0 Å². The van der Waals surface area contributed by atoms with Crippen LogP contribution in [-0.2, 0) is 6.54 Å². The van der Waals surface area contributed by atoms with E-state index in [1.165, 1.54) is 0 Å². The van der Waals surface area contributed by atoms with Gasteiger partial charge in [-0.05, 0) is 29.8 Å². The molecule has 102 valence electrons. The molecule has 2 aromatic rings. The molecule has 1 aromatic heterocycles. The summed E-state index contributed by atoms with van der Waals surface area (Å²) in [6.07, 6.45) is 4.98. The molecule has 0 fully saturated rings. The van der Waals surface area contributed by atoms with Crippen molar-refractivity contribution in [2.45, 2.75) is 6.54 Å². The molecular weight excluding hydrogens is 274 g/mol. The first-order chi connectivity index (χ1) is 9.75. The molecule has 5 heteroatoms. The van der Waals surface area contributed by atoms with Crippen LogP contribution in [0.25, 0.3) is 6.08 Å². The van der Waals surface area contributed by atoms with Crippen LogP contribution < -0.4 is 10.6 Å². The van der Waals surface area contributed by atoms with Gasteiger partial charge in [0.25, 0.3) is 0 Å². The summed E-state index contributed by atoms with van der Waals surface area (Å²) < 4.78 is 0. The molecule has 0 unspecified atom stereocenters. The summed E-state index contributed by atoms with van der Waals surface area (Å²) in [5.74, 6) is 0. The van der Waals surface area contributed by atoms with Crippen LogP contribution in [0.5, 0.6) is 0 Å². The SMILES string of the molecule is O=C(N/C=C/c1ccccc1Cl)NCc1ccccn1. The highest BCUT2D eigenvalue weighted by Gasteiger charge is 1.98. The monoisotopic (exact) mass is 287 g/mol. The zero-order chi connectivity index (χ0) is 14.2. The van der Waals surface area contributed by atoms with Gasteiger partial charge in [0.1, 0.15) is 0 Å². The number of aromatic nitrogens is 1. The Morgan fingerprint density at radius 3 is 2.75 bits per heavy atom. The van der Waals surface area contributed by atoms with Crippen molar-refractivity contribution in [3.8, 4) is 0 Å². The maximum atomic E-state index is 11.6. The van der Waals surface area contributed by atoms with Gasteiger partial charge in [0.05, 0.1) is 12.2 Å². The molecule has 2 rings (SSSR count). The molecule has 0 radical (unpaired) electrons. The second-order valence-corrected chi connectivity index (χ2v) is 4.41. The van der Waals surface area contributed by atoms with Gasteiger partial charge in [-0.2, -0.15) is 0 Å². The Morgan fingerprint density at radius 2 is 2.00 bits per heavy atom. The summed E-state index contributed by atoms with van der Waals surface area (Å²) in [5, 5.41) is 5.95. The van der Waals surface area contributed by atoms with Crippen LogP contribution in [0.4, 0.5) is 4.79 Å². The van der Waals surface area contributed by atoms with Crippen LogP contribution in [-0.4, -0.2) is 11.0 Å². The molecule has 1 heterocycles. The number of halogens is 1. The number of hydrogen-bond acceptors (Lipinski definition) is 2. The summed E-state index contributed by atoms with van der Waals surface area (Å²) in [6.45, 7) is 0.382. The predicted molar refractivity (Wildman–Crippen MR) is 80.1 cm³/mol. The largest absolute Gasteiger partial charge is 0.332 e. The third-order valence-electron chi connectivity index (χ3n) is 2.54. The number of hydrogen-bond donors (Lipinski definition) is 2. The maximum Gasteiger partial charge on any atom is 0.319 e. The maximum absolute atomic E-state index is 11.6. The van der Waals surface area contributed by atoms with Crippen molar-refractivity contribution in [2.75, 3.05) is 0 Å². The summed E-state index contributed by atoms with van der Waals surface area (Å²) in [7, 11) is 0. The number of rotatable bonds is 4. The number of nitrogens with one attached hydrogen (secondary N) is 2. The summed E-state index contributed by atoms with van der Waals surface area (Å²) in [4.78, 5) is 15.7. The molecule has 1 aromatic carbocycles. The fourth-order valence-corrected chi connectivity index (χ4v) is 1.74. The number of carbonyl (C=O) groups excluding carboxylic acids is 1. The van der Waals surface area contributed by atoms with Crippen LogP contribution in [0.1, 0.15) is 11.3 Å². The smallest absolute Gasteiger partial charge is 0.319 e. The molecule has 0 aliphatic carbocycles. The summed E-state index contributed by atoms with van der Waals surface area (Å²) in [6, 6.07) is 12.7. The normalized spacial score (nSPS) is 10.4. The van der Waals surface area contributed by atoms with Gasteiger partial charge in [0.15, 0.2) is 0 Å². The van der Waals surface area contributed by atoms with E-state index < -0.39 is 0 Å². The third-order valence-corrected chi connectivity index (χ3v) is 2.88. The summed E-state index contributed by atoms with van der Waals surface area (Å²) >= 11 is 5.99. The van der Waals surface area contributed by atoms with Crippen molar-refractivity contribution in [1.82, 2.24) is 15.6 Å². The minimum Gasteiger partial charge on any atom is -0.332 e. The molecule has 2 N–H and O–H groups in total. The average molecular weight is 288 g/mol. The topological polar surface area (TPSA) is 54.0 Å². The van der Waals surface area contributed by atoms with Crippen molar-refractivity contribution in [1.29, 1.82) is 0 Å². The molecule has 0 bridgehead atoms. The average Bonchev–Trinajstić information content (AvgIpc) is 2.48. The van der Waals surface area contributed by atoms with E-state index in [0.29, 0.717) is 11.6 Å². The Hall–Kier alpha value is -2.33. The summed E-state index contributed by atoms with van der Waals surface area (Å²) in [5.41, 5.74) is 1.65. The molecule has 2 amide bonds. The van der Waals surface area contributed by atoms with Crippen LogP contribution in [0, 0.1) is 0 Å². The Morgan fingerprint density at radius 1 is 1.20 bits per heavy atom.